The molecule has 0 fully saturated rings. The minimum absolute atomic E-state index is 0.0319. The van der Waals surface area contributed by atoms with Gasteiger partial charge in [-0.1, -0.05) is 5.21 Å². The van der Waals surface area contributed by atoms with Crippen LogP contribution in [-0.4, -0.2) is 196 Å². The minimum atomic E-state index is -1.62. The maximum atomic E-state index is 15.1. The van der Waals surface area contributed by atoms with Gasteiger partial charge in [0, 0.05) is 202 Å². The smallest absolute Gasteiger partial charge is 0.220 e. The number of hydrogen-bond acceptors (Lipinski definition) is 32. The number of nitrogens with two attached hydrogens (primary N) is 4. The molecule has 0 bridgehead atoms. The van der Waals surface area contributed by atoms with Crippen LogP contribution in [0.15, 0.2) is 70.8 Å². The summed E-state index contributed by atoms with van der Waals surface area (Å²) in [7, 11) is 0. The summed E-state index contributed by atoms with van der Waals surface area (Å²) < 4.78 is 1.44. The molecule has 0 radical (unpaired) electrons. The second-order valence-corrected chi connectivity index (χ2v) is 28.9. The number of primary amides is 1. The Hall–Kier alpha value is -11.8. The average molecular weight is 1650 g/mol. The number of amides is 10. The Morgan fingerprint density at radius 1 is 0.436 bits per heavy atom. The standard InChI is InChI=1S/C74H125N27O16/c1-50(102)17-32-80-38-57(75)39-84-64(110)9-24-73(25-10-65(111)85-42-58(47-90-77)83-35-20-53(4)105,28-13-68(114)88-45-61-48-100(98-96-61)36-21-54(5)106)92-70(116)15-30-72(91-56(7)108,23-8-63(76)109)31-16-71(117)93-74(26-11-66(112)86-43-59(94-78)40-81-33-18-51(2)103,27-12-67(113)87-44-60(95-79)41-82-34-19-52(3)104)29-14-69(115)89-46-62-49-101(99-97-62)37-22-55(6)107/h38,40-41,47-49,78,80-83,90,95,97,99H,8-37,39,42-46,75,77,79H2,1-7H3,(H2,76,109)(H,84,110)(H,85,111)(H,86,112)(H,87,113)(H,88,114)(H,89,115)(H,91,108)(H,92,116)(H,93,117)/b57-38-,58-47-,59-40-,60-41-,94-78?. The summed E-state index contributed by atoms with van der Waals surface area (Å²) in [6.45, 7) is 10.4. The van der Waals surface area contributed by atoms with Crippen molar-refractivity contribution >= 4 is 93.8 Å². The number of aryl methyl sites for hydroxylation is 1. The molecule has 117 heavy (non-hydrogen) atoms. The molecule has 0 aromatic carbocycles. The van der Waals surface area contributed by atoms with Crippen LogP contribution in [0.4, 0.5) is 0 Å². The lowest BCUT2D eigenvalue weighted by atomic mass is 9.80. The summed E-state index contributed by atoms with van der Waals surface area (Å²) in [4.78, 5) is 210. The van der Waals surface area contributed by atoms with Gasteiger partial charge in [-0.3, -0.25) is 98.1 Å². The minimum Gasteiger partial charge on any atom is -0.399 e. The van der Waals surface area contributed by atoms with Gasteiger partial charge in [-0.05, 0) is 99.3 Å². The summed E-state index contributed by atoms with van der Waals surface area (Å²) in [5.74, 6) is 4.51. The molecule has 0 spiro atoms. The molecule has 1 aliphatic rings. The normalized spacial score (nSPS) is 13.6. The average Bonchev–Trinajstić information content (AvgIpc) is 1.69. The molecule has 0 saturated carbocycles. The summed E-state index contributed by atoms with van der Waals surface area (Å²) in [6.07, 6.45) is 4.42. The lowest BCUT2D eigenvalue weighted by Gasteiger charge is -2.38. The maximum absolute atomic E-state index is 15.1. The number of nitrogens with zero attached hydrogens (tertiary/aromatic N) is 5. The third-order valence-corrected chi connectivity index (χ3v) is 18.4. The first-order valence-corrected chi connectivity index (χ1v) is 38.9. The summed E-state index contributed by atoms with van der Waals surface area (Å²) in [6, 6.07) is 0. The number of rotatable bonds is 67. The van der Waals surface area contributed by atoms with Crippen molar-refractivity contribution in [2.24, 2.45) is 28.3 Å². The van der Waals surface area contributed by atoms with Gasteiger partial charge in [0.25, 0.3) is 0 Å². The molecule has 2 rings (SSSR count). The van der Waals surface area contributed by atoms with Crippen LogP contribution < -0.4 is 114 Å². The molecule has 10 amide bonds. The predicted molar refractivity (Wildman–Crippen MR) is 429 cm³/mol. The van der Waals surface area contributed by atoms with E-state index in [2.05, 4.69) is 106 Å². The van der Waals surface area contributed by atoms with E-state index in [0.717, 1.165) is 0 Å². The van der Waals surface area contributed by atoms with Crippen molar-refractivity contribution in [3.8, 4) is 0 Å². The fourth-order valence-electron chi connectivity index (χ4n) is 11.7. The Morgan fingerprint density at radius 2 is 0.838 bits per heavy atom. The van der Waals surface area contributed by atoms with E-state index in [9.17, 15) is 67.1 Å². The fourth-order valence-corrected chi connectivity index (χ4v) is 11.7. The number of hydrogen-bond donors (Lipinski definition) is 22. The fraction of sp³-hybridized carbons (Fsp3) is 0.622. The summed E-state index contributed by atoms with van der Waals surface area (Å²) in [5.41, 5.74) is 27.4. The lowest BCUT2D eigenvalue weighted by Crippen LogP contribution is -2.53. The molecule has 0 saturated heterocycles. The molecule has 1 aromatic heterocycles. The van der Waals surface area contributed by atoms with Crippen LogP contribution in [-0.2, 0) is 89.8 Å². The van der Waals surface area contributed by atoms with Crippen molar-refractivity contribution in [2.75, 3.05) is 65.4 Å². The molecule has 2 heterocycles. The van der Waals surface area contributed by atoms with Crippen LogP contribution in [0.1, 0.15) is 208 Å². The van der Waals surface area contributed by atoms with Gasteiger partial charge in [-0.2, -0.15) is 5.11 Å². The number of hydrazine groups is 4. The van der Waals surface area contributed by atoms with Crippen molar-refractivity contribution in [1.29, 1.82) is 5.53 Å². The van der Waals surface area contributed by atoms with E-state index >= 15 is 9.59 Å². The molecule has 3 unspecified atom stereocenters. The molecule has 43 nitrogen and oxygen atoms in total. The van der Waals surface area contributed by atoms with Gasteiger partial charge in [0.15, 0.2) is 0 Å². The first-order chi connectivity index (χ1) is 55.5. The van der Waals surface area contributed by atoms with Gasteiger partial charge in [0.05, 0.1) is 62.6 Å². The molecular weight excluding hydrogens is 1520 g/mol. The van der Waals surface area contributed by atoms with E-state index in [0.29, 0.717) is 29.3 Å². The van der Waals surface area contributed by atoms with Crippen LogP contribution in [0.5, 0.6) is 0 Å². The number of Topliss-reactive ketones (excluding diaryl/α,β-unsaturated/α-hetero) is 6. The zero-order valence-corrected chi connectivity index (χ0v) is 68.5. The topological polar surface area (TPSA) is 652 Å². The van der Waals surface area contributed by atoms with Crippen molar-refractivity contribution < 1.29 is 76.7 Å². The van der Waals surface area contributed by atoms with Crippen LogP contribution in [0.3, 0.4) is 0 Å². The molecule has 0 aliphatic carbocycles. The lowest BCUT2D eigenvalue weighted by molar-refractivity contribution is -0.129. The highest BCUT2D eigenvalue weighted by Crippen LogP contribution is 2.31. The van der Waals surface area contributed by atoms with Crippen molar-refractivity contribution in [1.82, 2.24) is 111 Å². The Labute approximate surface area is 681 Å². The first-order valence-electron chi connectivity index (χ1n) is 38.9. The SMILES string of the molecule is CC(=O)CCN/C=C(\N)CNC(=O)CCC(CCC(=O)NC/C(=C/NN)NCCC(C)=O)(CCC(=O)NCc1cn(CCC(C)=O)nn1)NC(=O)CCC(CCC(N)=O)(CCC(=O)NC(CCC(=O)NCC1=CN(CCC(C)=O)NN1)(CCC(=O)NC/C(=C/NCCC(C)=O)N=N)CCC(=O)NC/C(=C/NCCC(C)=O)NN)NC(C)=O. The predicted octanol–water partition coefficient (Wildman–Crippen LogP) is -2.75. The molecule has 3 atom stereocenters. The van der Waals surface area contributed by atoms with Crippen LogP contribution >= 0.6 is 0 Å². The molecule has 43 heteroatoms. The summed E-state index contributed by atoms with van der Waals surface area (Å²) >= 11 is 0. The van der Waals surface area contributed by atoms with E-state index < -0.39 is 95.0 Å². The number of nitrogens with one attached hydrogen (secondary N) is 18. The molecule has 652 valence electrons. The van der Waals surface area contributed by atoms with Gasteiger partial charge >= 0.3 is 0 Å². The molecule has 1 aromatic rings. The molecular formula is C74H125N27O16. The number of carbonyl (C=O) groups is 16. The molecule has 1 aliphatic heterocycles. The largest absolute Gasteiger partial charge is 0.399 e. The van der Waals surface area contributed by atoms with E-state index in [1.807, 2.05) is 0 Å². The number of ketones is 6. The summed E-state index contributed by atoms with van der Waals surface area (Å²) in [5, 5.41) is 50.4. The van der Waals surface area contributed by atoms with Gasteiger partial charge < -0.3 is 96.9 Å². The second-order valence-electron chi connectivity index (χ2n) is 28.9. The van der Waals surface area contributed by atoms with Crippen LogP contribution in [0, 0.1) is 5.53 Å². The zero-order valence-electron chi connectivity index (χ0n) is 68.5. The highest BCUT2D eigenvalue weighted by molar-refractivity contribution is 5.84. The zero-order chi connectivity index (χ0) is 87.2. The van der Waals surface area contributed by atoms with E-state index in [1.54, 1.807) is 17.4 Å². The van der Waals surface area contributed by atoms with Crippen LogP contribution in [0.25, 0.3) is 0 Å². The monoisotopic (exact) mass is 1650 g/mol. The van der Waals surface area contributed by atoms with Crippen molar-refractivity contribution in [2.45, 2.75) is 232 Å². The van der Waals surface area contributed by atoms with E-state index in [4.69, 9.17) is 28.7 Å². The first kappa shape index (κ1) is 101. The number of aromatic nitrogens is 3. The maximum Gasteiger partial charge on any atom is 0.220 e. The van der Waals surface area contributed by atoms with E-state index in [1.165, 1.54) is 77.9 Å². The Bertz CT molecular complexity index is 3670. The third-order valence-electron chi connectivity index (χ3n) is 18.4. The number of carbonyl (C=O) groups excluding carboxylic acids is 16. The highest BCUT2D eigenvalue weighted by atomic mass is 16.2. The van der Waals surface area contributed by atoms with Gasteiger partial charge in [0.1, 0.15) is 40.4 Å². The molecule has 26 N–H and O–H groups in total. The van der Waals surface area contributed by atoms with Crippen LogP contribution in [0.2, 0.25) is 0 Å². The second kappa shape index (κ2) is 56.5. The van der Waals surface area contributed by atoms with Crippen molar-refractivity contribution in [3.63, 3.8) is 0 Å². The van der Waals surface area contributed by atoms with Crippen molar-refractivity contribution in [3.05, 3.63) is 71.4 Å². The Morgan fingerprint density at radius 3 is 1.29 bits per heavy atom. The van der Waals surface area contributed by atoms with E-state index in [-0.39, 0.29) is 253 Å². The Kier molecular flexibility index (Phi) is 48.9. The third kappa shape index (κ3) is 48.9. The Balaban J connectivity index is 2.85. The van der Waals surface area contributed by atoms with Gasteiger partial charge in [0.2, 0.25) is 59.1 Å². The quantitative estimate of drug-likeness (QED) is 0.0136. The van der Waals surface area contributed by atoms with Gasteiger partial charge in [-0.15, -0.1) is 10.6 Å². The highest BCUT2D eigenvalue weighted by Gasteiger charge is 2.39. The van der Waals surface area contributed by atoms with Gasteiger partial charge in [-0.25, -0.2) is 5.53 Å².